The molecule has 0 bridgehead atoms. The lowest BCUT2D eigenvalue weighted by Crippen LogP contribution is -2.09. The third-order valence-electron chi connectivity index (χ3n) is 4.93. The van der Waals surface area contributed by atoms with Crippen LogP contribution < -0.4 is 15.5 Å². The molecular weight excluding hydrogens is 512 g/mol. The molecule has 2 aromatic heterocycles. The fraction of sp³-hybridized carbons (Fsp3) is 0. The lowest BCUT2D eigenvalue weighted by Gasteiger charge is -2.05. The molecule has 9 heteroatoms. The second kappa shape index (κ2) is 11.2. The van der Waals surface area contributed by atoms with Crippen molar-refractivity contribution in [3.63, 3.8) is 0 Å². The van der Waals surface area contributed by atoms with Gasteiger partial charge < -0.3 is 10.1 Å². The average Bonchev–Trinajstić information content (AvgIpc) is 3.56. The summed E-state index contributed by atoms with van der Waals surface area (Å²) in [4.78, 5) is 18.0. The summed E-state index contributed by atoms with van der Waals surface area (Å²) in [6, 6.07) is 28.1. The molecule has 0 aliphatic carbocycles. The minimum absolute atomic E-state index is 0.186. The van der Waals surface area contributed by atoms with Crippen molar-refractivity contribution in [3.8, 4) is 22.8 Å². The number of nitrogens with one attached hydrogen (secondary N) is 2. The summed E-state index contributed by atoms with van der Waals surface area (Å²) < 4.78 is 5.89. The van der Waals surface area contributed by atoms with Gasteiger partial charge in [-0.25, -0.2) is 4.98 Å². The van der Waals surface area contributed by atoms with Crippen LogP contribution in [0, 0.1) is 0 Å². The Morgan fingerprint density at radius 2 is 1.75 bits per heavy atom. The maximum Gasteiger partial charge on any atom is 0.266 e. The largest absolute Gasteiger partial charge is 0.457 e. The van der Waals surface area contributed by atoms with Crippen molar-refractivity contribution in [1.29, 1.82) is 0 Å². The molecule has 36 heavy (non-hydrogen) atoms. The number of hydrogen-bond acceptors (Lipinski definition) is 7. The van der Waals surface area contributed by atoms with Gasteiger partial charge in [0.15, 0.2) is 0 Å². The monoisotopic (exact) mass is 530 g/mol. The maximum absolute atomic E-state index is 12.7. The molecule has 0 saturated carbocycles. The van der Waals surface area contributed by atoms with Gasteiger partial charge in [0, 0.05) is 10.6 Å². The first-order valence-corrected chi connectivity index (χ1v) is 12.9. The molecule has 0 atom stereocenters. The van der Waals surface area contributed by atoms with E-state index in [4.69, 9.17) is 16.3 Å². The quantitative estimate of drug-likeness (QED) is 0.157. The summed E-state index contributed by atoms with van der Waals surface area (Å²) in [7, 11) is 0. The number of carbonyl (C=O) groups excluding carboxylic acids is 1. The number of hydrazone groups is 1. The van der Waals surface area contributed by atoms with Crippen LogP contribution in [0.1, 0.15) is 15.2 Å². The van der Waals surface area contributed by atoms with E-state index in [1.54, 1.807) is 24.4 Å². The van der Waals surface area contributed by atoms with Gasteiger partial charge >= 0.3 is 0 Å². The van der Waals surface area contributed by atoms with Crippen LogP contribution in [0.3, 0.4) is 0 Å². The lowest BCUT2D eigenvalue weighted by atomic mass is 10.1. The summed E-state index contributed by atoms with van der Waals surface area (Å²) in [5, 5.41) is 11.0. The molecule has 178 valence electrons. The van der Waals surface area contributed by atoms with Gasteiger partial charge in [0.05, 0.1) is 11.1 Å². The Hall–Kier alpha value is -3.98. The number of anilines is 2. The third kappa shape index (κ3) is 5.98. The Balaban J connectivity index is 1.33. The van der Waals surface area contributed by atoms with E-state index in [2.05, 4.69) is 20.8 Å². The fourth-order valence-corrected chi connectivity index (χ4v) is 4.85. The van der Waals surface area contributed by atoms with E-state index in [1.807, 2.05) is 78.2 Å². The molecule has 0 radical (unpaired) electrons. The van der Waals surface area contributed by atoms with Gasteiger partial charge in [-0.3, -0.25) is 10.2 Å². The van der Waals surface area contributed by atoms with E-state index in [0.717, 1.165) is 16.9 Å². The maximum atomic E-state index is 12.7. The normalized spacial score (nSPS) is 10.9. The molecule has 3 aromatic carbocycles. The number of carbonyl (C=O) groups is 1. The van der Waals surface area contributed by atoms with Crippen LogP contribution >= 0.6 is 34.3 Å². The molecule has 0 unspecified atom stereocenters. The molecule has 0 aliphatic rings. The van der Waals surface area contributed by atoms with E-state index >= 15 is 0 Å². The predicted molar refractivity (Wildman–Crippen MR) is 149 cm³/mol. The molecule has 0 fully saturated rings. The van der Waals surface area contributed by atoms with E-state index < -0.39 is 0 Å². The van der Waals surface area contributed by atoms with Crippen molar-refractivity contribution in [3.05, 3.63) is 112 Å². The second-order valence-electron chi connectivity index (χ2n) is 7.49. The zero-order valence-electron chi connectivity index (χ0n) is 18.7. The summed E-state index contributed by atoms with van der Waals surface area (Å²) in [6.07, 6.45) is 1.69. The standard InChI is InChI=1S/C27H19ClN4O2S2/c28-20-13-11-19(12-14-20)24-26(31-25(33)23-10-5-15-35-23)36-27(30-24)32-29-17-18-6-4-9-22(16-18)34-21-7-2-1-3-8-21/h1-17H,(H,30,32)(H,31,33)/b29-17-. The molecule has 2 heterocycles. The fourth-order valence-electron chi connectivity index (χ4n) is 3.27. The number of nitrogens with zero attached hydrogens (tertiary/aromatic N) is 2. The van der Waals surface area contributed by atoms with Gasteiger partial charge in [-0.15, -0.1) is 11.3 Å². The van der Waals surface area contributed by atoms with Crippen molar-refractivity contribution in [2.24, 2.45) is 5.10 Å². The first-order chi connectivity index (χ1) is 17.6. The Morgan fingerprint density at radius 1 is 0.944 bits per heavy atom. The number of amides is 1. The zero-order chi connectivity index (χ0) is 24.7. The summed E-state index contributed by atoms with van der Waals surface area (Å²) in [6.45, 7) is 0. The highest BCUT2D eigenvalue weighted by Crippen LogP contribution is 2.37. The van der Waals surface area contributed by atoms with Crippen LogP contribution in [0.4, 0.5) is 10.1 Å². The minimum atomic E-state index is -0.186. The van der Waals surface area contributed by atoms with Crippen LogP contribution in [0.15, 0.2) is 101 Å². The summed E-state index contributed by atoms with van der Waals surface area (Å²) in [5.41, 5.74) is 5.30. The first-order valence-electron chi connectivity index (χ1n) is 10.9. The highest BCUT2D eigenvalue weighted by Gasteiger charge is 2.17. The van der Waals surface area contributed by atoms with Crippen molar-refractivity contribution < 1.29 is 9.53 Å². The van der Waals surface area contributed by atoms with Crippen LogP contribution in [0.2, 0.25) is 5.02 Å². The molecule has 6 nitrogen and oxygen atoms in total. The van der Waals surface area contributed by atoms with Gasteiger partial charge in [-0.05, 0) is 53.4 Å². The molecule has 0 aliphatic heterocycles. The average molecular weight is 531 g/mol. The number of thiazole rings is 1. The predicted octanol–water partition coefficient (Wildman–Crippen LogP) is 8.02. The lowest BCUT2D eigenvalue weighted by molar-refractivity contribution is 0.103. The van der Waals surface area contributed by atoms with Gasteiger partial charge in [0.25, 0.3) is 5.91 Å². The number of thiophene rings is 1. The van der Waals surface area contributed by atoms with E-state index in [1.165, 1.54) is 22.7 Å². The Kier molecular flexibility index (Phi) is 7.37. The minimum Gasteiger partial charge on any atom is -0.457 e. The Morgan fingerprint density at radius 3 is 2.53 bits per heavy atom. The summed E-state index contributed by atoms with van der Waals surface area (Å²) >= 11 is 8.73. The second-order valence-corrected chi connectivity index (χ2v) is 9.88. The van der Waals surface area contributed by atoms with Crippen LogP contribution in [0.5, 0.6) is 11.5 Å². The topological polar surface area (TPSA) is 75.6 Å². The highest BCUT2D eigenvalue weighted by molar-refractivity contribution is 7.20. The van der Waals surface area contributed by atoms with Gasteiger partial charge in [0.1, 0.15) is 22.2 Å². The van der Waals surface area contributed by atoms with Crippen molar-refractivity contribution >= 4 is 56.5 Å². The van der Waals surface area contributed by atoms with Crippen molar-refractivity contribution in [2.45, 2.75) is 0 Å². The number of ether oxygens (including phenoxy) is 1. The number of rotatable bonds is 8. The molecular formula is C27H19ClN4O2S2. The molecule has 0 saturated heterocycles. The van der Waals surface area contributed by atoms with Gasteiger partial charge in [-0.2, -0.15) is 5.10 Å². The van der Waals surface area contributed by atoms with Crippen LogP contribution in [-0.2, 0) is 0 Å². The van der Waals surface area contributed by atoms with Crippen LogP contribution in [-0.4, -0.2) is 17.1 Å². The number of para-hydroxylation sites is 1. The van der Waals surface area contributed by atoms with E-state index in [0.29, 0.717) is 31.5 Å². The smallest absolute Gasteiger partial charge is 0.266 e. The van der Waals surface area contributed by atoms with Crippen molar-refractivity contribution in [2.75, 3.05) is 10.7 Å². The third-order valence-corrected chi connectivity index (χ3v) is 6.92. The van der Waals surface area contributed by atoms with Gasteiger partial charge in [-0.1, -0.05) is 71.5 Å². The molecule has 1 amide bonds. The summed E-state index contributed by atoms with van der Waals surface area (Å²) in [5.74, 6) is 1.29. The van der Waals surface area contributed by atoms with Crippen molar-refractivity contribution in [1.82, 2.24) is 4.98 Å². The number of benzene rings is 3. The Bertz CT molecular complexity index is 1480. The first kappa shape index (κ1) is 23.7. The molecule has 0 spiro atoms. The SMILES string of the molecule is O=C(Nc1sc(N/N=C\c2cccc(Oc3ccccc3)c2)nc1-c1ccc(Cl)cc1)c1cccs1. The number of hydrogen-bond donors (Lipinski definition) is 2. The zero-order valence-corrected chi connectivity index (χ0v) is 21.1. The van der Waals surface area contributed by atoms with E-state index in [9.17, 15) is 4.79 Å². The molecule has 5 rings (SSSR count). The van der Waals surface area contributed by atoms with Gasteiger partial charge in [0.2, 0.25) is 5.13 Å². The molecule has 5 aromatic rings. The van der Waals surface area contributed by atoms with E-state index in [-0.39, 0.29) is 5.91 Å². The molecule has 2 N–H and O–H groups in total. The highest BCUT2D eigenvalue weighted by atomic mass is 35.5. The van der Waals surface area contributed by atoms with Crippen LogP contribution in [0.25, 0.3) is 11.3 Å². The Labute approximate surface area is 220 Å². The number of halogens is 1. The number of aromatic nitrogens is 1.